The maximum atomic E-state index is 11.0. The first kappa shape index (κ1) is 13.9. The van der Waals surface area contributed by atoms with Crippen LogP contribution in [-0.2, 0) is 19.1 Å². The van der Waals surface area contributed by atoms with E-state index in [9.17, 15) is 9.59 Å². The molecule has 4 nitrogen and oxygen atoms in total. The Labute approximate surface area is 90.9 Å². The van der Waals surface area contributed by atoms with E-state index in [4.69, 9.17) is 4.74 Å². The summed E-state index contributed by atoms with van der Waals surface area (Å²) >= 11 is 0. The van der Waals surface area contributed by atoms with Crippen LogP contribution >= 0.6 is 0 Å². The van der Waals surface area contributed by atoms with Gasteiger partial charge in [-0.1, -0.05) is 13.8 Å². The van der Waals surface area contributed by atoms with E-state index in [1.54, 1.807) is 6.92 Å². The minimum atomic E-state index is -0.522. The van der Waals surface area contributed by atoms with Gasteiger partial charge in [-0.25, -0.2) is 0 Å². The Morgan fingerprint density at radius 3 is 2.27 bits per heavy atom. The molecule has 88 valence electrons. The topological polar surface area (TPSA) is 52.6 Å². The van der Waals surface area contributed by atoms with Crippen molar-refractivity contribution in [3.8, 4) is 0 Å². The van der Waals surface area contributed by atoms with Crippen LogP contribution in [0.25, 0.3) is 0 Å². The van der Waals surface area contributed by atoms with E-state index in [1.165, 1.54) is 0 Å². The van der Waals surface area contributed by atoms with Gasteiger partial charge >= 0.3 is 11.9 Å². The predicted molar refractivity (Wildman–Crippen MR) is 56.3 cm³/mol. The Morgan fingerprint density at radius 1 is 1.13 bits per heavy atom. The molecule has 0 bridgehead atoms. The molecule has 0 aliphatic carbocycles. The molecule has 0 rings (SSSR count). The largest absolute Gasteiger partial charge is 0.466 e. The number of rotatable bonds is 7. The highest BCUT2D eigenvalue weighted by molar-refractivity contribution is 5.91. The van der Waals surface area contributed by atoms with Gasteiger partial charge in [0.1, 0.15) is 6.42 Å². The Hall–Kier alpha value is -1.06. The minimum absolute atomic E-state index is 0.282. The highest BCUT2D eigenvalue weighted by Crippen LogP contribution is 2.03. The maximum absolute atomic E-state index is 11.0. The number of esters is 2. The molecule has 0 saturated carbocycles. The first-order chi connectivity index (χ1) is 7.06. The molecule has 0 atom stereocenters. The molecular formula is C11H20O4. The number of ether oxygens (including phenoxy) is 2. The highest BCUT2D eigenvalue weighted by Gasteiger charge is 2.10. The summed E-state index contributed by atoms with van der Waals surface area (Å²) in [6.45, 7) is 6.60. The minimum Gasteiger partial charge on any atom is -0.466 e. The van der Waals surface area contributed by atoms with E-state index in [0.717, 1.165) is 12.8 Å². The third-order valence-electron chi connectivity index (χ3n) is 1.78. The molecule has 0 saturated heterocycles. The van der Waals surface area contributed by atoms with Gasteiger partial charge in [0.25, 0.3) is 0 Å². The summed E-state index contributed by atoms with van der Waals surface area (Å²) < 4.78 is 9.49. The van der Waals surface area contributed by atoms with Gasteiger partial charge in [0.05, 0.1) is 13.2 Å². The van der Waals surface area contributed by atoms with Crippen molar-refractivity contribution in [3.63, 3.8) is 0 Å². The first-order valence-corrected chi connectivity index (χ1v) is 5.37. The van der Waals surface area contributed by atoms with Crippen LogP contribution in [0.2, 0.25) is 0 Å². The molecule has 0 heterocycles. The summed E-state index contributed by atoms with van der Waals surface area (Å²) in [6.07, 6.45) is 1.58. The van der Waals surface area contributed by atoms with Gasteiger partial charge in [-0.3, -0.25) is 9.59 Å². The summed E-state index contributed by atoms with van der Waals surface area (Å²) in [5.74, 6) is -0.419. The number of carbonyl (C=O) groups is 2. The third kappa shape index (κ3) is 9.25. The summed E-state index contributed by atoms with van der Waals surface area (Å²) in [5, 5.41) is 0. The SMILES string of the molecule is CCOC(=O)CC(=O)OCCCC(C)C. The van der Waals surface area contributed by atoms with Crippen LogP contribution in [0.1, 0.15) is 40.0 Å². The maximum Gasteiger partial charge on any atom is 0.317 e. The summed E-state index contributed by atoms with van der Waals surface area (Å²) in [4.78, 5) is 21.9. The molecule has 0 unspecified atom stereocenters. The number of carbonyl (C=O) groups excluding carboxylic acids is 2. The molecule has 0 radical (unpaired) electrons. The van der Waals surface area contributed by atoms with Crippen molar-refractivity contribution in [2.75, 3.05) is 13.2 Å². The first-order valence-electron chi connectivity index (χ1n) is 5.37. The fraction of sp³-hybridized carbons (Fsp3) is 0.818. The van der Waals surface area contributed by atoms with Crippen LogP contribution in [-0.4, -0.2) is 25.2 Å². The average molecular weight is 216 g/mol. The lowest BCUT2D eigenvalue weighted by Gasteiger charge is -2.06. The zero-order chi connectivity index (χ0) is 11.7. The van der Waals surface area contributed by atoms with Gasteiger partial charge < -0.3 is 9.47 Å². The lowest BCUT2D eigenvalue weighted by Crippen LogP contribution is -2.14. The molecule has 4 heteroatoms. The monoisotopic (exact) mass is 216 g/mol. The van der Waals surface area contributed by atoms with Crippen molar-refractivity contribution < 1.29 is 19.1 Å². The van der Waals surface area contributed by atoms with E-state index >= 15 is 0 Å². The smallest absolute Gasteiger partial charge is 0.317 e. The average Bonchev–Trinajstić information content (AvgIpc) is 2.12. The molecule has 0 aromatic carbocycles. The fourth-order valence-electron chi connectivity index (χ4n) is 1.06. The van der Waals surface area contributed by atoms with E-state index in [0.29, 0.717) is 19.1 Å². The van der Waals surface area contributed by atoms with Gasteiger partial charge in [0.2, 0.25) is 0 Å². The van der Waals surface area contributed by atoms with E-state index in [-0.39, 0.29) is 6.42 Å². The van der Waals surface area contributed by atoms with Crippen molar-refractivity contribution in [2.45, 2.75) is 40.0 Å². The van der Waals surface area contributed by atoms with E-state index in [1.807, 2.05) is 0 Å². The number of hydrogen-bond donors (Lipinski definition) is 0. The lowest BCUT2D eigenvalue weighted by molar-refractivity contribution is -0.154. The Kier molecular flexibility index (Phi) is 7.68. The van der Waals surface area contributed by atoms with Crippen LogP contribution in [0.15, 0.2) is 0 Å². The van der Waals surface area contributed by atoms with Crippen LogP contribution in [0.5, 0.6) is 0 Å². The van der Waals surface area contributed by atoms with E-state index in [2.05, 4.69) is 18.6 Å². The van der Waals surface area contributed by atoms with Gasteiger partial charge in [-0.05, 0) is 25.7 Å². The Morgan fingerprint density at radius 2 is 1.73 bits per heavy atom. The molecule has 0 N–H and O–H groups in total. The second-order valence-electron chi connectivity index (χ2n) is 3.74. The fourth-order valence-corrected chi connectivity index (χ4v) is 1.06. The summed E-state index contributed by atoms with van der Waals surface area (Å²) in [5.41, 5.74) is 0. The molecule has 0 spiro atoms. The zero-order valence-corrected chi connectivity index (χ0v) is 9.75. The summed E-state index contributed by atoms with van der Waals surface area (Å²) in [7, 11) is 0. The quantitative estimate of drug-likeness (QED) is 0.370. The zero-order valence-electron chi connectivity index (χ0n) is 9.75. The van der Waals surface area contributed by atoms with Crippen molar-refractivity contribution in [1.82, 2.24) is 0 Å². The van der Waals surface area contributed by atoms with Crippen LogP contribution in [0.4, 0.5) is 0 Å². The van der Waals surface area contributed by atoms with E-state index < -0.39 is 11.9 Å². The molecule has 0 aromatic heterocycles. The van der Waals surface area contributed by atoms with Gasteiger partial charge in [-0.15, -0.1) is 0 Å². The molecule has 0 amide bonds. The normalized spacial score (nSPS) is 10.1. The lowest BCUT2D eigenvalue weighted by atomic mass is 10.1. The van der Waals surface area contributed by atoms with Crippen molar-refractivity contribution in [2.24, 2.45) is 5.92 Å². The van der Waals surface area contributed by atoms with Crippen LogP contribution < -0.4 is 0 Å². The highest BCUT2D eigenvalue weighted by atomic mass is 16.6. The van der Waals surface area contributed by atoms with Crippen LogP contribution in [0, 0.1) is 5.92 Å². The second kappa shape index (κ2) is 8.26. The molecule has 0 aliphatic rings. The van der Waals surface area contributed by atoms with Crippen molar-refractivity contribution >= 4 is 11.9 Å². The predicted octanol–water partition coefficient (Wildman–Crippen LogP) is 1.92. The molecule has 0 aliphatic heterocycles. The Balaban J connectivity index is 3.45. The van der Waals surface area contributed by atoms with Crippen LogP contribution in [0.3, 0.4) is 0 Å². The van der Waals surface area contributed by atoms with Crippen molar-refractivity contribution in [3.05, 3.63) is 0 Å². The second-order valence-corrected chi connectivity index (χ2v) is 3.74. The number of hydrogen-bond acceptors (Lipinski definition) is 4. The molecule has 0 aromatic rings. The van der Waals surface area contributed by atoms with Gasteiger partial charge in [0.15, 0.2) is 0 Å². The standard InChI is InChI=1S/C11H20O4/c1-4-14-10(12)8-11(13)15-7-5-6-9(2)3/h9H,4-8H2,1-3H3. The third-order valence-corrected chi connectivity index (χ3v) is 1.78. The van der Waals surface area contributed by atoms with Gasteiger partial charge in [0, 0.05) is 0 Å². The molecule has 15 heavy (non-hydrogen) atoms. The molecule has 0 fully saturated rings. The summed E-state index contributed by atoms with van der Waals surface area (Å²) in [6, 6.07) is 0. The Bertz CT molecular complexity index is 199. The molecular weight excluding hydrogens is 196 g/mol. The van der Waals surface area contributed by atoms with Gasteiger partial charge in [-0.2, -0.15) is 0 Å². The van der Waals surface area contributed by atoms with Crippen molar-refractivity contribution in [1.29, 1.82) is 0 Å².